The molecule has 3 rings (SSSR count). The van der Waals surface area contributed by atoms with Gasteiger partial charge >= 0.3 is 0 Å². The predicted octanol–water partition coefficient (Wildman–Crippen LogP) is 2.07. The third kappa shape index (κ3) is 4.04. The Morgan fingerprint density at radius 3 is 2.65 bits per heavy atom. The minimum atomic E-state index is -0.888. The lowest BCUT2D eigenvalue weighted by atomic mass is 9.86. The van der Waals surface area contributed by atoms with Gasteiger partial charge in [-0.1, -0.05) is 30.8 Å². The Kier molecular flexibility index (Phi) is 5.56. The molecule has 26 heavy (non-hydrogen) atoms. The SMILES string of the molecule is [B]c1ccc2c(c1)C(NC1CCC(NC(=C)C=C)CC1)C([N+](=O)[O-])C=N2. The first-order valence-electron chi connectivity index (χ1n) is 8.89. The van der Waals surface area contributed by atoms with Gasteiger partial charge in [-0.25, -0.2) is 0 Å². The molecule has 0 aromatic heterocycles. The molecular weight excluding hydrogens is 327 g/mol. The topological polar surface area (TPSA) is 79.6 Å². The number of hydrogen-bond acceptors (Lipinski definition) is 5. The van der Waals surface area contributed by atoms with E-state index in [9.17, 15) is 10.1 Å². The van der Waals surface area contributed by atoms with Gasteiger partial charge in [0.25, 0.3) is 6.04 Å². The highest BCUT2D eigenvalue weighted by atomic mass is 16.6. The molecule has 2 radical (unpaired) electrons. The van der Waals surface area contributed by atoms with Crippen LogP contribution in [0.4, 0.5) is 5.69 Å². The van der Waals surface area contributed by atoms with Crippen molar-refractivity contribution >= 4 is 25.2 Å². The lowest BCUT2D eigenvalue weighted by Crippen LogP contribution is -2.47. The number of fused-ring (bicyclic) bond motifs is 1. The Hall–Kier alpha value is -2.41. The van der Waals surface area contributed by atoms with Crippen LogP contribution >= 0.6 is 0 Å². The van der Waals surface area contributed by atoms with E-state index in [2.05, 4.69) is 28.8 Å². The van der Waals surface area contributed by atoms with E-state index in [1.807, 2.05) is 6.07 Å². The molecule has 1 saturated carbocycles. The van der Waals surface area contributed by atoms with Crippen LogP contribution in [0, 0.1) is 10.1 Å². The molecule has 1 heterocycles. The average Bonchev–Trinajstić information content (AvgIpc) is 2.63. The van der Waals surface area contributed by atoms with Crippen LogP contribution in [-0.4, -0.2) is 37.1 Å². The van der Waals surface area contributed by atoms with E-state index in [0.717, 1.165) is 42.6 Å². The summed E-state index contributed by atoms with van der Waals surface area (Å²) in [6.07, 6.45) is 7.00. The molecule has 2 unspecified atom stereocenters. The molecule has 0 amide bonds. The predicted molar refractivity (Wildman–Crippen MR) is 105 cm³/mol. The molecule has 0 spiro atoms. The smallest absolute Gasteiger partial charge is 0.267 e. The fourth-order valence-electron chi connectivity index (χ4n) is 3.71. The standard InChI is InChI=1S/C19H23BN4O2/c1-3-12(2)22-14-5-7-15(8-6-14)23-19-16-10-13(20)4-9-17(16)21-11-18(19)24(25)26/h3-4,9-11,14-15,18-19,22-23H,1-2,5-8H2. The molecular formula is C19H23BN4O2. The fourth-order valence-corrected chi connectivity index (χ4v) is 3.71. The highest BCUT2D eigenvalue weighted by Gasteiger charge is 2.37. The first-order chi connectivity index (χ1) is 12.5. The second kappa shape index (κ2) is 7.87. The Morgan fingerprint density at radius 2 is 2.00 bits per heavy atom. The molecule has 1 aromatic rings. The van der Waals surface area contributed by atoms with E-state index in [1.165, 1.54) is 6.21 Å². The number of nitro groups is 1. The number of rotatable bonds is 6. The van der Waals surface area contributed by atoms with E-state index >= 15 is 0 Å². The van der Waals surface area contributed by atoms with Gasteiger partial charge in [-0.3, -0.25) is 15.1 Å². The van der Waals surface area contributed by atoms with Gasteiger partial charge < -0.3 is 10.6 Å². The highest BCUT2D eigenvalue weighted by Crippen LogP contribution is 2.33. The first kappa shape index (κ1) is 18.4. The summed E-state index contributed by atoms with van der Waals surface area (Å²) in [7, 11) is 5.90. The molecule has 134 valence electrons. The van der Waals surface area contributed by atoms with E-state index in [0.29, 0.717) is 11.5 Å². The molecule has 7 heteroatoms. The van der Waals surface area contributed by atoms with Crippen molar-refractivity contribution in [1.29, 1.82) is 0 Å². The van der Waals surface area contributed by atoms with Gasteiger partial charge in [-0.2, -0.15) is 0 Å². The number of nitrogens with one attached hydrogen (secondary N) is 2. The van der Waals surface area contributed by atoms with Crippen molar-refractivity contribution < 1.29 is 4.92 Å². The average molecular weight is 350 g/mol. The third-order valence-corrected chi connectivity index (χ3v) is 5.12. The van der Waals surface area contributed by atoms with Crippen molar-refractivity contribution in [2.24, 2.45) is 4.99 Å². The summed E-state index contributed by atoms with van der Waals surface area (Å²) in [5, 5.41) is 18.4. The van der Waals surface area contributed by atoms with Crippen molar-refractivity contribution in [3.8, 4) is 0 Å². The summed E-state index contributed by atoms with van der Waals surface area (Å²) in [5.74, 6) is 0. The molecule has 2 N–H and O–H groups in total. The second-order valence-corrected chi connectivity index (χ2v) is 6.94. The van der Waals surface area contributed by atoms with Gasteiger partial charge in [0.2, 0.25) is 0 Å². The minimum Gasteiger partial charge on any atom is -0.383 e. The van der Waals surface area contributed by atoms with Crippen LogP contribution in [0.5, 0.6) is 0 Å². The van der Waals surface area contributed by atoms with Crippen LogP contribution in [0.25, 0.3) is 0 Å². The number of aliphatic imine (C=N–C) groups is 1. The number of benzene rings is 1. The van der Waals surface area contributed by atoms with Crippen LogP contribution in [0.1, 0.15) is 37.3 Å². The van der Waals surface area contributed by atoms with E-state index < -0.39 is 12.1 Å². The number of allylic oxidation sites excluding steroid dienone is 1. The zero-order valence-electron chi connectivity index (χ0n) is 14.7. The maximum absolute atomic E-state index is 11.5. The van der Waals surface area contributed by atoms with Crippen molar-refractivity contribution in [3.63, 3.8) is 0 Å². The van der Waals surface area contributed by atoms with Crippen molar-refractivity contribution in [2.45, 2.75) is 49.9 Å². The van der Waals surface area contributed by atoms with Crippen LogP contribution in [0.2, 0.25) is 0 Å². The van der Waals surface area contributed by atoms with Crippen LogP contribution < -0.4 is 16.1 Å². The molecule has 0 bridgehead atoms. The second-order valence-electron chi connectivity index (χ2n) is 6.94. The van der Waals surface area contributed by atoms with E-state index in [-0.39, 0.29) is 11.0 Å². The molecule has 1 aliphatic heterocycles. The lowest BCUT2D eigenvalue weighted by molar-refractivity contribution is -0.507. The number of nitrogens with zero attached hydrogens (tertiary/aromatic N) is 2. The van der Waals surface area contributed by atoms with Crippen LogP contribution in [-0.2, 0) is 0 Å². The zero-order valence-corrected chi connectivity index (χ0v) is 14.7. The molecule has 2 atom stereocenters. The van der Waals surface area contributed by atoms with E-state index in [4.69, 9.17) is 7.85 Å². The van der Waals surface area contributed by atoms with Gasteiger partial charge in [-0.05, 0) is 37.8 Å². The van der Waals surface area contributed by atoms with Gasteiger partial charge in [0, 0.05) is 28.3 Å². The molecule has 1 fully saturated rings. The molecule has 2 aliphatic rings. The Morgan fingerprint density at radius 1 is 1.31 bits per heavy atom. The van der Waals surface area contributed by atoms with Crippen molar-refractivity contribution in [2.75, 3.05) is 0 Å². The maximum atomic E-state index is 11.5. The van der Waals surface area contributed by atoms with Crippen LogP contribution in [0.15, 0.2) is 48.1 Å². The summed E-state index contributed by atoms with van der Waals surface area (Å²) >= 11 is 0. The van der Waals surface area contributed by atoms with Crippen molar-refractivity contribution in [1.82, 2.24) is 10.6 Å². The minimum absolute atomic E-state index is 0.221. The van der Waals surface area contributed by atoms with Crippen LogP contribution in [0.3, 0.4) is 0 Å². The molecule has 1 aromatic carbocycles. The third-order valence-electron chi connectivity index (χ3n) is 5.12. The van der Waals surface area contributed by atoms with Gasteiger partial charge in [0.05, 0.1) is 11.9 Å². The summed E-state index contributed by atoms with van der Waals surface area (Å²) < 4.78 is 0. The first-order valence-corrected chi connectivity index (χ1v) is 8.89. The Bertz CT molecular complexity index is 741. The van der Waals surface area contributed by atoms with Gasteiger partial charge in [0.1, 0.15) is 13.9 Å². The normalized spacial score (nSPS) is 27.4. The Balaban J connectivity index is 1.71. The molecule has 6 nitrogen and oxygen atoms in total. The largest absolute Gasteiger partial charge is 0.383 e. The highest BCUT2D eigenvalue weighted by molar-refractivity contribution is 6.32. The molecule has 1 aliphatic carbocycles. The molecule has 0 saturated heterocycles. The quantitative estimate of drug-likeness (QED) is 0.356. The lowest BCUT2D eigenvalue weighted by Gasteiger charge is -2.34. The number of hydrogen-bond donors (Lipinski definition) is 2. The van der Waals surface area contributed by atoms with E-state index in [1.54, 1.807) is 18.2 Å². The Labute approximate surface area is 155 Å². The van der Waals surface area contributed by atoms with Gasteiger partial charge in [-0.15, -0.1) is 0 Å². The monoisotopic (exact) mass is 350 g/mol. The summed E-state index contributed by atoms with van der Waals surface area (Å²) in [6, 6.07) is 4.66. The van der Waals surface area contributed by atoms with Crippen molar-refractivity contribution in [3.05, 3.63) is 58.8 Å². The zero-order chi connectivity index (χ0) is 18.7. The summed E-state index contributed by atoms with van der Waals surface area (Å²) in [4.78, 5) is 15.5. The summed E-state index contributed by atoms with van der Waals surface area (Å²) in [5.41, 5.74) is 2.97. The summed E-state index contributed by atoms with van der Waals surface area (Å²) in [6.45, 7) is 7.61. The maximum Gasteiger partial charge on any atom is 0.267 e. The fraction of sp³-hybridized carbons (Fsp3) is 0.421. The van der Waals surface area contributed by atoms with Gasteiger partial charge in [0.15, 0.2) is 0 Å².